The van der Waals surface area contributed by atoms with E-state index in [9.17, 15) is 23.1 Å². The number of sulfonamides is 1. The van der Waals surface area contributed by atoms with Crippen molar-refractivity contribution in [1.82, 2.24) is 0 Å². The molecule has 3 rings (SSSR count). The van der Waals surface area contributed by atoms with Crippen LogP contribution >= 0.6 is 11.3 Å². The van der Waals surface area contributed by atoms with Gasteiger partial charge in [-0.05, 0) is 42.0 Å². The van der Waals surface area contributed by atoms with Gasteiger partial charge in [0.05, 0.1) is 11.3 Å². The number of amides is 2. The lowest BCUT2D eigenvalue weighted by atomic mass is 10.1. The quantitative estimate of drug-likeness (QED) is 0.487. The molecule has 0 aliphatic carbocycles. The molecular formula is C18H15N3O5S2. The summed E-state index contributed by atoms with van der Waals surface area (Å²) in [5.41, 5.74) is 6.12. The van der Waals surface area contributed by atoms with Crippen molar-refractivity contribution in [2.45, 2.75) is 4.21 Å². The highest BCUT2D eigenvalue weighted by Gasteiger charge is 2.20. The van der Waals surface area contributed by atoms with E-state index in [4.69, 9.17) is 5.73 Å². The predicted molar refractivity (Wildman–Crippen MR) is 107 cm³/mol. The zero-order valence-corrected chi connectivity index (χ0v) is 15.9. The Morgan fingerprint density at radius 1 is 1.00 bits per heavy atom. The SMILES string of the molecule is NC(=O)Nc1cccc(-c2ccc(S(=O)(=O)Nc3ccccc3C(=O)O)s2)c1. The third kappa shape index (κ3) is 4.30. The smallest absolute Gasteiger partial charge is 0.337 e. The number of hydrogen-bond donors (Lipinski definition) is 4. The van der Waals surface area contributed by atoms with E-state index in [0.717, 1.165) is 11.3 Å². The number of carboxylic acids is 1. The molecule has 0 spiro atoms. The van der Waals surface area contributed by atoms with E-state index in [-0.39, 0.29) is 15.5 Å². The zero-order chi connectivity index (χ0) is 20.3. The van der Waals surface area contributed by atoms with Gasteiger partial charge < -0.3 is 16.2 Å². The maximum absolute atomic E-state index is 12.7. The number of aromatic carboxylic acids is 1. The van der Waals surface area contributed by atoms with Gasteiger partial charge in [0.15, 0.2) is 0 Å². The number of para-hydroxylation sites is 1. The van der Waals surface area contributed by atoms with Gasteiger partial charge in [-0.3, -0.25) is 4.72 Å². The molecule has 3 aromatic rings. The Labute approximate surface area is 164 Å². The van der Waals surface area contributed by atoms with Crippen LogP contribution in [0.4, 0.5) is 16.2 Å². The number of urea groups is 1. The Morgan fingerprint density at radius 2 is 1.75 bits per heavy atom. The van der Waals surface area contributed by atoms with E-state index in [1.165, 1.54) is 24.3 Å². The Bertz CT molecular complexity index is 1160. The van der Waals surface area contributed by atoms with Crippen molar-refractivity contribution < 1.29 is 23.1 Å². The summed E-state index contributed by atoms with van der Waals surface area (Å²) in [5, 5.41) is 11.7. The number of anilines is 2. The molecular weight excluding hydrogens is 402 g/mol. The number of benzene rings is 2. The maximum Gasteiger partial charge on any atom is 0.337 e. The standard InChI is InChI=1S/C18H15N3O5S2/c19-18(24)20-12-5-3-4-11(10-12)15-8-9-16(27-15)28(25,26)21-14-7-2-1-6-13(14)17(22)23/h1-10,21H,(H,22,23)(H3,19,20,24). The number of carbonyl (C=O) groups excluding carboxylic acids is 1. The van der Waals surface area contributed by atoms with Gasteiger partial charge in [-0.2, -0.15) is 0 Å². The summed E-state index contributed by atoms with van der Waals surface area (Å²) >= 11 is 1.01. The normalized spacial score (nSPS) is 11.0. The molecule has 8 nitrogen and oxygen atoms in total. The molecule has 1 aromatic heterocycles. The van der Waals surface area contributed by atoms with Crippen LogP contribution in [0.3, 0.4) is 0 Å². The summed E-state index contributed by atoms with van der Waals surface area (Å²) in [7, 11) is -3.97. The maximum atomic E-state index is 12.7. The highest BCUT2D eigenvalue weighted by atomic mass is 32.2. The molecule has 0 fully saturated rings. The molecule has 0 saturated carbocycles. The molecule has 144 valence electrons. The van der Waals surface area contributed by atoms with Crippen molar-refractivity contribution in [3.8, 4) is 10.4 Å². The van der Waals surface area contributed by atoms with Gasteiger partial charge in [0.25, 0.3) is 10.0 Å². The third-order valence-electron chi connectivity index (χ3n) is 3.66. The van der Waals surface area contributed by atoms with Gasteiger partial charge in [0, 0.05) is 10.6 Å². The van der Waals surface area contributed by atoms with E-state index in [1.54, 1.807) is 36.4 Å². The van der Waals surface area contributed by atoms with Crippen LogP contribution in [0.1, 0.15) is 10.4 Å². The van der Waals surface area contributed by atoms with E-state index >= 15 is 0 Å². The number of carbonyl (C=O) groups is 2. The first-order valence-corrected chi connectivity index (χ1v) is 10.2. The summed E-state index contributed by atoms with van der Waals surface area (Å²) in [6.07, 6.45) is 0. The molecule has 2 aromatic carbocycles. The van der Waals surface area contributed by atoms with Crippen molar-refractivity contribution in [2.24, 2.45) is 5.73 Å². The van der Waals surface area contributed by atoms with Gasteiger partial charge >= 0.3 is 12.0 Å². The van der Waals surface area contributed by atoms with Gasteiger partial charge in [0.1, 0.15) is 4.21 Å². The van der Waals surface area contributed by atoms with Crippen LogP contribution in [0.2, 0.25) is 0 Å². The summed E-state index contributed by atoms with van der Waals surface area (Å²) in [5.74, 6) is -1.23. The van der Waals surface area contributed by atoms with Crippen LogP contribution < -0.4 is 15.8 Å². The average molecular weight is 417 g/mol. The minimum absolute atomic E-state index is 0.0161. The van der Waals surface area contributed by atoms with Crippen LogP contribution in [0.25, 0.3) is 10.4 Å². The molecule has 0 radical (unpaired) electrons. The molecule has 0 aliphatic heterocycles. The van der Waals surface area contributed by atoms with E-state index in [0.29, 0.717) is 16.1 Å². The fourth-order valence-corrected chi connectivity index (χ4v) is 4.85. The highest BCUT2D eigenvalue weighted by molar-refractivity contribution is 7.94. The minimum atomic E-state index is -3.97. The van der Waals surface area contributed by atoms with Crippen molar-refractivity contribution in [3.05, 3.63) is 66.2 Å². The number of carboxylic acid groups (broad SMARTS) is 1. The van der Waals surface area contributed by atoms with Gasteiger partial charge in [-0.15, -0.1) is 11.3 Å². The predicted octanol–water partition coefficient (Wildman–Crippen LogP) is 3.40. The fraction of sp³-hybridized carbons (Fsp3) is 0. The van der Waals surface area contributed by atoms with Gasteiger partial charge in [-0.25, -0.2) is 18.0 Å². The number of thiophene rings is 1. The molecule has 0 bridgehead atoms. The summed E-state index contributed by atoms with van der Waals surface area (Å²) in [4.78, 5) is 22.9. The number of nitrogens with one attached hydrogen (secondary N) is 2. The number of rotatable bonds is 6. The van der Waals surface area contributed by atoms with Crippen molar-refractivity contribution in [3.63, 3.8) is 0 Å². The Hall–Kier alpha value is -3.37. The molecule has 0 aliphatic rings. The number of nitrogens with two attached hydrogens (primary N) is 1. The average Bonchev–Trinajstić information content (AvgIpc) is 3.12. The Morgan fingerprint density at radius 3 is 2.46 bits per heavy atom. The van der Waals surface area contributed by atoms with Crippen LogP contribution in [0.5, 0.6) is 0 Å². The zero-order valence-electron chi connectivity index (χ0n) is 14.2. The first kappa shape index (κ1) is 19.4. The third-order valence-corrected chi connectivity index (χ3v) is 6.65. The van der Waals surface area contributed by atoms with Gasteiger partial charge in [-0.1, -0.05) is 24.3 Å². The molecule has 0 saturated heterocycles. The van der Waals surface area contributed by atoms with Crippen LogP contribution in [0, 0.1) is 0 Å². The first-order valence-electron chi connectivity index (χ1n) is 7.88. The molecule has 0 atom stereocenters. The van der Waals surface area contributed by atoms with Crippen LogP contribution in [0.15, 0.2) is 64.9 Å². The molecule has 28 heavy (non-hydrogen) atoms. The molecule has 5 N–H and O–H groups in total. The molecule has 10 heteroatoms. The van der Waals surface area contributed by atoms with Crippen molar-refractivity contribution in [2.75, 3.05) is 10.0 Å². The van der Waals surface area contributed by atoms with Crippen molar-refractivity contribution in [1.29, 1.82) is 0 Å². The van der Waals surface area contributed by atoms with E-state index in [2.05, 4.69) is 10.0 Å². The minimum Gasteiger partial charge on any atom is -0.478 e. The molecule has 1 heterocycles. The van der Waals surface area contributed by atoms with Crippen LogP contribution in [-0.4, -0.2) is 25.5 Å². The van der Waals surface area contributed by atoms with E-state index in [1.807, 2.05) is 0 Å². The second-order valence-electron chi connectivity index (χ2n) is 5.64. The lowest BCUT2D eigenvalue weighted by molar-refractivity contribution is 0.0698. The van der Waals surface area contributed by atoms with Gasteiger partial charge in [0.2, 0.25) is 0 Å². The lowest BCUT2D eigenvalue weighted by Gasteiger charge is -2.09. The number of hydrogen-bond acceptors (Lipinski definition) is 5. The van der Waals surface area contributed by atoms with E-state index < -0.39 is 22.0 Å². The molecule has 0 unspecified atom stereocenters. The monoisotopic (exact) mass is 417 g/mol. The summed E-state index contributed by atoms with van der Waals surface area (Å²) in [6.45, 7) is 0. The topological polar surface area (TPSA) is 139 Å². The largest absolute Gasteiger partial charge is 0.478 e. The second kappa shape index (κ2) is 7.71. The first-order chi connectivity index (χ1) is 13.3. The van der Waals surface area contributed by atoms with Crippen LogP contribution in [-0.2, 0) is 10.0 Å². The fourth-order valence-electron chi connectivity index (χ4n) is 2.47. The highest BCUT2D eigenvalue weighted by Crippen LogP contribution is 2.33. The number of primary amides is 1. The Kier molecular flexibility index (Phi) is 5.34. The summed E-state index contributed by atoms with van der Waals surface area (Å²) < 4.78 is 27.7. The summed E-state index contributed by atoms with van der Waals surface area (Å²) in [6, 6.07) is 14.9. The lowest BCUT2D eigenvalue weighted by Crippen LogP contribution is -2.19. The van der Waals surface area contributed by atoms with Crippen molar-refractivity contribution >= 4 is 44.7 Å². The Balaban J connectivity index is 1.89. The molecule has 2 amide bonds. The second-order valence-corrected chi connectivity index (χ2v) is 8.64.